The molecule has 12 heavy (non-hydrogen) atoms. The van der Waals surface area contributed by atoms with Crippen LogP contribution in [0, 0.1) is 5.92 Å². The van der Waals surface area contributed by atoms with Crippen LogP contribution >= 0.6 is 0 Å². The van der Waals surface area contributed by atoms with Crippen LogP contribution in [0.3, 0.4) is 0 Å². The molecule has 68 valence electrons. The molecule has 0 radical (unpaired) electrons. The summed E-state index contributed by atoms with van der Waals surface area (Å²) in [5.74, 6) is 0.951. The van der Waals surface area contributed by atoms with E-state index in [1.54, 1.807) is 0 Å². The van der Waals surface area contributed by atoms with Crippen molar-refractivity contribution in [2.45, 2.75) is 32.1 Å². The van der Waals surface area contributed by atoms with Gasteiger partial charge in [0.1, 0.15) is 0 Å². The third kappa shape index (κ3) is 5.05. The summed E-state index contributed by atoms with van der Waals surface area (Å²) in [5, 5.41) is 0. The zero-order chi connectivity index (χ0) is 8.81. The van der Waals surface area contributed by atoms with Crippen molar-refractivity contribution in [3.63, 3.8) is 0 Å². The van der Waals surface area contributed by atoms with Crippen molar-refractivity contribution in [1.82, 2.24) is 0 Å². The minimum atomic E-state index is -1.62. The topological polar surface area (TPSA) is 0 Å². The highest BCUT2D eigenvalue weighted by Gasteiger charge is 2.19. The summed E-state index contributed by atoms with van der Waals surface area (Å²) in [5.41, 5.74) is 0. The summed E-state index contributed by atoms with van der Waals surface area (Å²) in [6.45, 7) is 0. The molecule has 1 aliphatic rings. The smallest absolute Gasteiger partial charge is 0.173 e. The van der Waals surface area contributed by atoms with E-state index in [0.717, 1.165) is 24.8 Å². The van der Waals surface area contributed by atoms with Crippen molar-refractivity contribution in [2.24, 2.45) is 5.92 Å². The highest BCUT2D eigenvalue weighted by Crippen LogP contribution is 2.33. The summed E-state index contributed by atoms with van der Waals surface area (Å²) < 4.78 is 23.0. The SMILES string of the molecule is FC(F)=CC=CCCCC1CC1. The second kappa shape index (κ2) is 5.07. The van der Waals surface area contributed by atoms with Crippen LogP contribution in [0.2, 0.25) is 0 Å². The van der Waals surface area contributed by atoms with E-state index in [1.807, 2.05) is 6.08 Å². The molecule has 0 amide bonds. The van der Waals surface area contributed by atoms with Gasteiger partial charge in [-0.15, -0.1) is 0 Å². The molecule has 0 N–H and O–H groups in total. The normalized spacial score (nSPS) is 16.8. The minimum absolute atomic E-state index is 0.844. The summed E-state index contributed by atoms with van der Waals surface area (Å²) in [4.78, 5) is 0. The molecule has 0 aromatic carbocycles. The van der Waals surface area contributed by atoms with Gasteiger partial charge < -0.3 is 0 Å². The van der Waals surface area contributed by atoms with Crippen LogP contribution in [0.4, 0.5) is 8.78 Å². The van der Waals surface area contributed by atoms with Gasteiger partial charge in [0.05, 0.1) is 0 Å². The van der Waals surface area contributed by atoms with Gasteiger partial charge in [-0.25, -0.2) is 0 Å². The summed E-state index contributed by atoms with van der Waals surface area (Å²) in [6, 6.07) is 0. The molecule has 0 nitrogen and oxygen atoms in total. The first-order valence-electron chi connectivity index (χ1n) is 4.47. The molecule has 2 heteroatoms. The second-order valence-corrected chi connectivity index (χ2v) is 3.26. The highest BCUT2D eigenvalue weighted by molar-refractivity contribution is 5.02. The van der Waals surface area contributed by atoms with Crippen LogP contribution in [0.1, 0.15) is 32.1 Å². The number of unbranched alkanes of at least 4 members (excludes halogenated alkanes) is 1. The number of hydrogen-bond donors (Lipinski definition) is 0. The molecule has 1 saturated carbocycles. The van der Waals surface area contributed by atoms with E-state index < -0.39 is 6.08 Å². The fraction of sp³-hybridized carbons (Fsp3) is 0.600. The predicted octanol–water partition coefficient (Wildman–Crippen LogP) is 3.90. The molecule has 1 aliphatic carbocycles. The fourth-order valence-corrected chi connectivity index (χ4v) is 1.17. The summed E-state index contributed by atoms with van der Waals surface area (Å²) >= 11 is 0. The molecular formula is C10H14F2. The van der Waals surface area contributed by atoms with E-state index in [9.17, 15) is 8.78 Å². The maximum absolute atomic E-state index is 11.5. The second-order valence-electron chi connectivity index (χ2n) is 3.26. The first-order valence-corrected chi connectivity index (χ1v) is 4.47. The van der Waals surface area contributed by atoms with E-state index in [-0.39, 0.29) is 0 Å². The van der Waals surface area contributed by atoms with Crippen molar-refractivity contribution in [3.8, 4) is 0 Å². The van der Waals surface area contributed by atoms with E-state index in [2.05, 4.69) is 0 Å². The van der Waals surface area contributed by atoms with Gasteiger partial charge in [0.15, 0.2) is 0 Å². The van der Waals surface area contributed by atoms with Gasteiger partial charge in [-0.3, -0.25) is 0 Å². The Morgan fingerprint density at radius 1 is 1.33 bits per heavy atom. The molecule has 0 heterocycles. The Morgan fingerprint density at radius 3 is 2.67 bits per heavy atom. The van der Waals surface area contributed by atoms with Crippen LogP contribution in [0.5, 0.6) is 0 Å². The lowest BCUT2D eigenvalue weighted by Crippen LogP contribution is -1.74. The van der Waals surface area contributed by atoms with Crippen LogP contribution in [0.25, 0.3) is 0 Å². The number of hydrogen-bond acceptors (Lipinski definition) is 0. The van der Waals surface area contributed by atoms with Crippen LogP contribution in [-0.4, -0.2) is 0 Å². The van der Waals surface area contributed by atoms with E-state index in [0.29, 0.717) is 0 Å². The molecule has 1 rings (SSSR count). The minimum Gasteiger partial charge on any atom is -0.173 e. The Hall–Kier alpha value is -0.660. The maximum atomic E-state index is 11.5. The predicted molar refractivity (Wildman–Crippen MR) is 46.0 cm³/mol. The molecule has 0 aliphatic heterocycles. The Labute approximate surface area is 72.0 Å². The number of allylic oxidation sites excluding steroid dienone is 3. The lowest BCUT2D eigenvalue weighted by Gasteiger charge is -1.91. The largest absolute Gasteiger partial charge is 0.270 e. The quantitative estimate of drug-likeness (QED) is 0.435. The lowest BCUT2D eigenvalue weighted by atomic mass is 10.2. The van der Waals surface area contributed by atoms with Crippen molar-refractivity contribution in [3.05, 3.63) is 24.3 Å². The molecule has 0 atom stereocenters. The molecule has 0 saturated heterocycles. The molecular weight excluding hydrogens is 158 g/mol. The van der Waals surface area contributed by atoms with Crippen molar-refractivity contribution in [1.29, 1.82) is 0 Å². The van der Waals surface area contributed by atoms with Crippen LogP contribution in [0.15, 0.2) is 24.3 Å². The molecule has 0 aromatic rings. The molecule has 0 aromatic heterocycles. The third-order valence-corrected chi connectivity index (χ3v) is 2.04. The van der Waals surface area contributed by atoms with E-state index in [4.69, 9.17) is 0 Å². The average Bonchev–Trinajstić information content (AvgIpc) is 2.79. The Morgan fingerprint density at radius 2 is 2.08 bits per heavy atom. The van der Waals surface area contributed by atoms with Crippen LogP contribution < -0.4 is 0 Å². The number of halogens is 2. The lowest BCUT2D eigenvalue weighted by molar-refractivity contribution is 0.422. The third-order valence-electron chi connectivity index (χ3n) is 2.04. The number of rotatable bonds is 5. The van der Waals surface area contributed by atoms with Gasteiger partial charge >= 0.3 is 0 Å². The summed E-state index contributed by atoms with van der Waals surface area (Å²) in [6.07, 6.45) is 8.57. The fourth-order valence-electron chi connectivity index (χ4n) is 1.17. The summed E-state index contributed by atoms with van der Waals surface area (Å²) in [7, 11) is 0. The Balaban J connectivity index is 1.93. The Kier molecular flexibility index (Phi) is 3.98. The molecule has 0 spiro atoms. The standard InChI is InChI=1S/C10H14F2/c11-10(12)6-4-2-1-3-5-9-7-8-9/h2,4,6,9H,1,3,5,7-8H2. The molecule has 0 bridgehead atoms. The van der Waals surface area contributed by atoms with E-state index in [1.165, 1.54) is 25.3 Å². The van der Waals surface area contributed by atoms with Gasteiger partial charge in [0.25, 0.3) is 6.08 Å². The molecule has 1 fully saturated rings. The van der Waals surface area contributed by atoms with Crippen LogP contribution in [-0.2, 0) is 0 Å². The van der Waals surface area contributed by atoms with Gasteiger partial charge in [-0.2, -0.15) is 8.78 Å². The van der Waals surface area contributed by atoms with Crippen molar-refractivity contribution in [2.75, 3.05) is 0 Å². The van der Waals surface area contributed by atoms with Gasteiger partial charge in [0, 0.05) is 6.08 Å². The first-order chi connectivity index (χ1) is 5.79. The van der Waals surface area contributed by atoms with Gasteiger partial charge in [-0.05, 0) is 18.8 Å². The maximum Gasteiger partial charge on any atom is 0.270 e. The zero-order valence-corrected chi connectivity index (χ0v) is 7.10. The van der Waals surface area contributed by atoms with Gasteiger partial charge in [0.2, 0.25) is 0 Å². The van der Waals surface area contributed by atoms with Crippen molar-refractivity contribution < 1.29 is 8.78 Å². The van der Waals surface area contributed by atoms with E-state index >= 15 is 0 Å². The average molecular weight is 172 g/mol. The molecule has 0 unspecified atom stereocenters. The highest BCUT2D eigenvalue weighted by atomic mass is 19.3. The van der Waals surface area contributed by atoms with Gasteiger partial charge in [-0.1, -0.05) is 31.4 Å². The monoisotopic (exact) mass is 172 g/mol. The van der Waals surface area contributed by atoms with Crippen molar-refractivity contribution >= 4 is 0 Å². The zero-order valence-electron chi connectivity index (χ0n) is 7.10. The Bertz CT molecular complexity index is 174. The first kappa shape index (κ1) is 9.43.